The molecule has 0 unspecified atom stereocenters. The van der Waals surface area contributed by atoms with Crippen LogP contribution in [-0.4, -0.2) is 10.8 Å². The first kappa shape index (κ1) is 19.8. The summed E-state index contributed by atoms with van der Waals surface area (Å²) in [5, 5.41) is 1.53. The highest BCUT2D eigenvalue weighted by Crippen LogP contribution is 2.27. The predicted molar refractivity (Wildman–Crippen MR) is 98.3 cm³/mol. The average Bonchev–Trinajstić information content (AvgIpc) is 2.96. The second-order valence-electron chi connectivity index (χ2n) is 5.44. The van der Waals surface area contributed by atoms with Gasteiger partial charge in [0.25, 0.3) is 0 Å². The molecule has 0 amide bonds. The number of aryl methyl sites for hydroxylation is 2. The molecule has 0 N–H and O–H groups in total. The Labute approximate surface area is 173 Å². The fourth-order valence-electron chi connectivity index (χ4n) is 2.28. The number of carbonyl (C=O) groups excluding carboxylic acids is 1. The quantitative estimate of drug-likeness (QED) is 0.244. The van der Waals surface area contributed by atoms with Gasteiger partial charge < -0.3 is 24.0 Å². The molecule has 0 bridgehead atoms. The fraction of sp³-hybridized carbons (Fsp3) is 0.105. The Morgan fingerprint density at radius 1 is 1.24 bits per heavy atom. The van der Waals surface area contributed by atoms with Crippen LogP contribution < -0.4 is 28.5 Å². The van der Waals surface area contributed by atoms with E-state index in [0.717, 1.165) is 21.8 Å². The van der Waals surface area contributed by atoms with E-state index >= 15 is 0 Å². The Hall–Kier alpha value is -1.57. The standard InChI is InChI=1S/C19H16ClN2OS.HI/c1-13-18(17(23)10-7-14-5-8-16(20)9-6-14)24-19(21-13)15-4-3-11-22(2)12-15;/h3-12H,1-2H3;1H/q+1;/p-1/b10-7+;. The number of hydrogen-bond acceptors (Lipinski definition) is 3. The number of carbonyl (C=O) groups is 1. The van der Waals surface area contributed by atoms with Crippen LogP contribution in [0.3, 0.4) is 0 Å². The molecule has 2 aromatic heterocycles. The number of allylic oxidation sites excluding steroid dienone is 1. The summed E-state index contributed by atoms with van der Waals surface area (Å²) in [6.07, 6.45) is 7.33. The molecule has 0 fully saturated rings. The molecule has 0 aliphatic rings. The van der Waals surface area contributed by atoms with Gasteiger partial charge in [-0.3, -0.25) is 4.79 Å². The average molecular weight is 483 g/mol. The number of rotatable bonds is 4. The minimum atomic E-state index is -0.0356. The SMILES string of the molecule is Cc1nc(-c2ccc[n+](C)c2)sc1C(=O)/C=C/c1ccc(Cl)cc1.[I-]. The van der Waals surface area contributed by atoms with E-state index in [1.165, 1.54) is 11.3 Å². The predicted octanol–water partition coefficient (Wildman–Crippen LogP) is 1.50. The van der Waals surface area contributed by atoms with Crippen molar-refractivity contribution in [2.24, 2.45) is 7.05 Å². The van der Waals surface area contributed by atoms with Gasteiger partial charge in [0.1, 0.15) is 12.1 Å². The van der Waals surface area contributed by atoms with Gasteiger partial charge in [-0.15, -0.1) is 11.3 Å². The molecule has 25 heavy (non-hydrogen) atoms. The number of benzene rings is 1. The summed E-state index contributed by atoms with van der Waals surface area (Å²) in [6, 6.07) is 11.3. The Kier molecular flexibility index (Phi) is 6.87. The molecule has 0 aliphatic carbocycles. The number of hydrogen-bond donors (Lipinski definition) is 0. The first-order chi connectivity index (χ1) is 11.5. The highest BCUT2D eigenvalue weighted by atomic mass is 127. The van der Waals surface area contributed by atoms with Crippen molar-refractivity contribution in [3.05, 3.63) is 76.0 Å². The first-order valence-corrected chi connectivity index (χ1v) is 8.63. The van der Waals surface area contributed by atoms with Crippen molar-refractivity contribution in [1.29, 1.82) is 0 Å². The summed E-state index contributed by atoms with van der Waals surface area (Å²) in [5.74, 6) is -0.0356. The molecule has 3 aromatic rings. The summed E-state index contributed by atoms with van der Waals surface area (Å²) in [4.78, 5) is 17.7. The second kappa shape index (κ2) is 8.69. The van der Waals surface area contributed by atoms with Crippen molar-refractivity contribution >= 4 is 34.8 Å². The number of pyridine rings is 1. The van der Waals surface area contributed by atoms with Crippen LogP contribution in [0.4, 0.5) is 0 Å². The van der Waals surface area contributed by atoms with Gasteiger partial charge in [-0.05, 0) is 36.8 Å². The molecular formula is C19H16ClIN2OS. The van der Waals surface area contributed by atoms with Crippen molar-refractivity contribution in [2.45, 2.75) is 6.92 Å². The molecule has 3 nitrogen and oxygen atoms in total. The molecule has 2 heterocycles. The van der Waals surface area contributed by atoms with Gasteiger partial charge in [0.15, 0.2) is 18.2 Å². The molecule has 0 atom stereocenters. The highest BCUT2D eigenvalue weighted by Gasteiger charge is 2.15. The van der Waals surface area contributed by atoms with Crippen molar-refractivity contribution in [2.75, 3.05) is 0 Å². The molecule has 3 rings (SSSR count). The summed E-state index contributed by atoms with van der Waals surface area (Å²) >= 11 is 7.28. The van der Waals surface area contributed by atoms with E-state index in [-0.39, 0.29) is 29.8 Å². The summed E-state index contributed by atoms with van der Waals surface area (Å²) in [5.41, 5.74) is 2.70. The summed E-state index contributed by atoms with van der Waals surface area (Å²) < 4.78 is 1.97. The van der Waals surface area contributed by atoms with Crippen LogP contribution in [-0.2, 0) is 7.05 Å². The van der Waals surface area contributed by atoms with E-state index in [1.807, 2.05) is 55.2 Å². The number of ketones is 1. The molecule has 6 heteroatoms. The molecule has 1 aromatic carbocycles. The van der Waals surface area contributed by atoms with Crippen molar-refractivity contribution in [3.63, 3.8) is 0 Å². The third-order valence-electron chi connectivity index (χ3n) is 3.50. The number of thiazole rings is 1. The topological polar surface area (TPSA) is 33.8 Å². The van der Waals surface area contributed by atoms with E-state index in [9.17, 15) is 4.79 Å². The summed E-state index contributed by atoms with van der Waals surface area (Å²) in [7, 11) is 1.96. The summed E-state index contributed by atoms with van der Waals surface area (Å²) in [6.45, 7) is 1.87. The minimum Gasteiger partial charge on any atom is -1.00 e. The molecular weight excluding hydrogens is 467 g/mol. The lowest BCUT2D eigenvalue weighted by Crippen LogP contribution is -3.00. The van der Waals surface area contributed by atoms with Gasteiger partial charge in [-0.1, -0.05) is 29.8 Å². The van der Waals surface area contributed by atoms with E-state index < -0.39 is 0 Å². The normalized spacial score (nSPS) is 10.7. The van der Waals surface area contributed by atoms with Gasteiger partial charge >= 0.3 is 0 Å². The largest absolute Gasteiger partial charge is 1.00 e. The lowest BCUT2D eigenvalue weighted by atomic mass is 10.2. The van der Waals surface area contributed by atoms with Crippen molar-refractivity contribution in [1.82, 2.24) is 4.98 Å². The Morgan fingerprint density at radius 2 is 1.96 bits per heavy atom. The lowest BCUT2D eigenvalue weighted by Gasteiger charge is -1.94. The highest BCUT2D eigenvalue weighted by molar-refractivity contribution is 7.17. The van der Waals surface area contributed by atoms with Crippen LogP contribution in [0.1, 0.15) is 20.9 Å². The monoisotopic (exact) mass is 482 g/mol. The third kappa shape index (κ3) is 4.96. The van der Waals surface area contributed by atoms with Crippen molar-refractivity contribution < 1.29 is 33.3 Å². The maximum absolute atomic E-state index is 12.5. The first-order valence-electron chi connectivity index (χ1n) is 7.44. The van der Waals surface area contributed by atoms with E-state index in [2.05, 4.69) is 4.98 Å². The van der Waals surface area contributed by atoms with Gasteiger partial charge in [-0.25, -0.2) is 9.55 Å². The minimum absolute atomic E-state index is 0. The van der Waals surface area contributed by atoms with Crippen LogP contribution in [0.2, 0.25) is 5.02 Å². The van der Waals surface area contributed by atoms with Crippen LogP contribution in [0.25, 0.3) is 16.6 Å². The zero-order chi connectivity index (χ0) is 17.1. The van der Waals surface area contributed by atoms with Crippen LogP contribution in [0.5, 0.6) is 0 Å². The second-order valence-corrected chi connectivity index (χ2v) is 6.88. The molecule has 0 saturated heterocycles. The lowest BCUT2D eigenvalue weighted by molar-refractivity contribution is -0.671. The van der Waals surface area contributed by atoms with Crippen LogP contribution in [0, 0.1) is 6.92 Å². The van der Waals surface area contributed by atoms with E-state index in [4.69, 9.17) is 11.6 Å². The number of halogens is 2. The molecule has 0 saturated carbocycles. The smallest absolute Gasteiger partial charge is 0.197 e. The Balaban J connectivity index is 0.00000225. The molecule has 0 radical (unpaired) electrons. The Bertz CT molecular complexity index is 919. The third-order valence-corrected chi connectivity index (χ3v) is 4.98. The zero-order valence-electron chi connectivity index (χ0n) is 13.7. The molecule has 0 spiro atoms. The van der Waals surface area contributed by atoms with E-state index in [0.29, 0.717) is 9.90 Å². The van der Waals surface area contributed by atoms with E-state index in [1.54, 1.807) is 24.3 Å². The van der Waals surface area contributed by atoms with Gasteiger partial charge in [0.05, 0.1) is 16.1 Å². The Morgan fingerprint density at radius 3 is 2.64 bits per heavy atom. The van der Waals surface area contributed by atoms with Crippen LogP contribution in [0.15, 0.2) is 54.9 Å². The van der Waals surface area contributed by atoms with Crippen molar-refractivity contribution in [3.8, 4) is 10.6 Å². The molecule has 128 valence electrons. The van der Waals surface area contributed by atoms with Gasteiger partial charge in [-0.2, -0.15) is 0 Å². The maximum Gasteiger partial charge on any atom is 0.197 e. The zero-order valence-corrected chi connectivity index (χ0v) is 17.5. The number of aromatic nitrogens is 2. The molecule has 0 aliphatic heterocycles. The van der Waals surface area contributed by atoms with Gasteiger partial charge in [0.2, 0.25) is 0 Å². The maximum atomic E-state index is 12.5. The fourth-order valence-corrected chi connectivity index (χ4v) is 3.39. The number of nitrogens with zero attached hydrogens (tertiary/aromatic N) is 2. The van der Waals surface area contributed by atoms with Gasteiger partial charge in [0, 0.05) is 11.1 Å². The van der Waals surface area contributed by atoms with Crippen LogP contribution >= 0.6 is 22.9 Å².